The number of carbonyl (C=O) groups is 1. The van der Waals surface area contributed by atoms with Gasteiger partial charge in [0.1, 0.15) is 22.7 Å². The lowest BCUT2D eigenvalue weighted by Gasteiger charge is -2.34. The number of hydrogen-bond acceptors (Lipinski definition) is 4. The van der Waals surface area contributed by atoms with E-state index in [2.05, 4.69) is 19.1 Å². The summed E-state index contributed by atoms with van der Waals surface area (Å²) < 4.78 is 5.93. The molecule has 2 N–H and O–H groups in total. The van der Waals surface area contributed by atoms with E-state index in [1.807, 2.05) is 24.3 Å². The smallest absolute Gasteiger partial charge is 0.203 e. The quantitative estimate of drug-likeness (QED) is 0.555. The third-order valence-corrected chi connectivity index (χ3v) is 5.23. The van der Waals surface area contributed by atoms with Gasteiger partial charge in [0.15, 0.2) is 0 Å². The summed E-state index contributed by atoms with van der Waals surface area (Å²) >= 11 is 0. The third kappa shape index (κ3) is 3.85. The Balaban J connectivity index is 1.78. The number of rotatable bonds is 5. The van der Waals surface area contributed by atoms with E-state index in [0.717, 1.165) is 31.1 Å². The molecule has 0 amide bonds. The van der Waals surface area contributed by atoms with Crippen molar-refractivity contribution in [3.63, 3.8) is 0 Å². The Morgan fingerprint density at radius 1 is 1.19 bits per heavy atom. The average Bonchev–Trinajstić information content (AvgIpc) is 2.61. The lowest BCUT2D eigenvalue weighted by molar-refractivity contribution is 0.0838. The Labute approximate surface area is 160 Å². The summed E-state index contributed by atoms with van der Waals surface area (Å²) in [6.45, 7) is 5.56. The fourth-order valence-electron chi connectivity index (χ4n) is 3.59. The summed E-state index contributed by atoms with van der Waals surface area (Å²) in [4.78, 5) is 12.6. The zero-order valence-corrected chi connectivity index (χ0v) is 16.0. The average molecular weight is 366 g/mol. The molecule has 1 atom stereocenters. The molecule has 1 aliphatic heterocycles. The Morgan fingerprint density at radius 2 is 1.89 bits per heavy atom. The number of ketones is 1. The van der Waals surface area contributed by atoms with Crippen molar-refractivity contribution in [2.75, 3.05) is 0 Å². The zero-order valence-electron chi connectivity index (χ0n) is 16.0. The van der Waals surface area contributed by atoms with Gasteiger partial charge in [-0.15, -0.1) is 0 Å². The second kappa shape index (κ2) is 7.47. The minimum Gasteiger partial charge on any atom is -0.515 e. The van der Waals surface area contributed by atoms with Gasteiger partial charge in [0, 0.05) is 0 Å². The van der Waals surface area contributed by atoms with Crippen LogP contribution in [-0.2, 0) is 6.42 Å². The molecule has 2 aromatic rings. The number of benzene rings is 2. The van der Waals surface area contributed by atoms with E-state index in [1.165, 1.54) is 5.56 Å². The van der Waals surface area contributed by atoms with Crippen LogP contribution < -0.4 is 4.74 Å². The highest BCUT2D eigenvalue weighted by atomic mass is 16.5. The molecule has 1 aliphatic rings. The van der Waals surface area contributed by atoms with Crippen molar-refractivity contribution >= 4 is 5.78 Å². The molecular formula is C23H26O4. The normalized spacial score (nSPS) is 18.0. The lowest BCUT2D eigenvalue weighted by atomic mass is 9.85. The first kappa shape index (κ1) is 19.0. The van der Waals surface area contributed by atoms with Crippen molar-refractivity contribution in [1.82, 2.24) is 0 Å². The summed E-state index contributed by atoms with van der Waals surface area (Å²) in [6, 6.07) is 13.8. The minimum atomic E-state index is -0.944. The lowest BCUT2D eigenvalue weighted by Crippen LogP contribution is -2.39. The molecular weight excluding hydrogens is 340 g/mol. The van der Waals surface area contributed by atoms with E-state index in [-0.39, 0.29) is 22.8 Å². The fourth-order valence-corrected chi connectivity index (χ4v) is 3.59. The van der Waals surface area contributed by atoms with Crippen LogP contribution in [0.3, 0.4) is 0 Å². The molecule has 142 valence electrons. The monoisotopic (exact) mass is 366 g/mol. The third-order valence-electron chi connectivity index (χ3n) is 5.23. The highest BCUT2D eigenvalue weighted by molar-refractivity contribution is 6.14. The molecule has 0 saturated carbocycles. The van der Waals surface area contributed by atoms with Gasteiger partial charge >= 0.3 is 0 Å². The number of aliphatic hydroxyl groups is 1. The van der Waals surface area contributed by atoms with Crippen LogP contribution in [0.1, 0.15) is 61.0 Å². The number of hydrogen-bond donors (Lipinski definition) is 2. The summed E-state index contributed by atoms with van der Waals surface area (Å²) in [5.74, 6) is 0.101. The first-order valence-corrected chi connectivity index (χ1v) is 9.33. The highest BCUT2D eigenvalue weighted by Gasteiger charge is 2.40. The van der Waals surface area contributed by atoms with Crippen LogP contribution in [0.5, 0.6) is 11.5 Å². The van der Waals surface area contributed by atoms with Gasteiger partial charge in [-0.3, -0.25) is 4.79 Å². The Morgan fingerprint density at radius 3 is 2.56 bits per heavy atom. The number of fused-ring (bicyclic) bond motifs is 1. The van der Waals surface area contributed by atoms with E-state index < -0.39 is 11.4 Å². The molecule has 3 rings (SSSR count). The van der Waals surface area contributed by atoms with Crippen LogP contribution in [0.15, 0.2) is 54.3 Å². The largest absolute Gasteiger partial charge is 0.515 e. The van der Waals surface area contributed by atoms with Gasteiger partial charge in [-0.2, -0.15) is 0 Å². The van der Waals surface area contributed by atoms with Crippen molar-refractivity contribution in [3.8, 4) is 11.5 Å². The van der Waals surface area contributed by atoms with Crippen molar-refractivity contribution in [3.05, 3.63) is 71.0 Å². The van der Waals surface area contributed by atoms with Gasteiger partial charge in [0.2, 0.25) is 5.78 Å². The van der Waals surface area contributed by atoms with Gasteiger partial charge in [-0.05, 0) is 62.3 Å². The van der Waals surface area contributed by atoms with E-state index in [0.29, 0.717) is 5.75 Å². The van der Waals surface area contributed by atoms with Crippen LogP contribution in [0.4, 0.5) is 0 Å². The standard InChI is InChI=1S/C23H26O4/c1-15(8-7-11-16-9-5-4-6-10-16)17-12-19(25)21-20(13-17)27-23(2,3)18(14-24)22(21)26/h4-6,9-10,12-15,24-25H,7-8,11H2,1-3H3. The first-order chi connectivity index (χ1) is 12.8. The van der Waals surface area contributed by atoms with Crippen molar-refractivity contribution in [2.24, 2.45) is 0 Å². The number of aryl methyl sites for hydroxylation is 1. The van der Waals surface area contributed by atoms with Gasteiger partial charge in [0.25, 0.3) is 0 Å². The maximum absolute atomic E-state index is 12.6. The molecule has 0 fully saturated rings. The number of Topliss-reactive ketones (excluding diaryl/α,β-unsaturated/α-hetero) is 1. The molecule has 0 spiro atoms. The number of aromatic hydroxyl groups is 1. The van der Waals surface area contributed by atoms with Gasteiger partial charge in [-0.1, -0.05) is 37.3 Å². The second-order valence-electron chi connectivity index (χ2n) is 7.68. The molecule has 27 heavy (non-hydrogen) atoms. The molecule has 0 aliphatic carbocycles. The summed E-state index contributed by atoms with van der Waals surface area (Å²) in [6.07, 6.45) is 3.78. The van der Waals surface area contributed by atoms with Crippen LogP contribution in [0.2, 0.25) is 0 Å². The topological polar surface area (TPSA) is 66.8 Å². The predicted molar refractivity (Wildman–Crippen MR) is 106 cm³/mol. The van der Waals surface area contributed by atoms with Crippen LogP contribution in [0.25, 0.3) is 0 Å². The Kier molecular flexibility index (Phi) is 5.26. The van der Waals surface area contributed by atoms with E-state index >= 15 is 0 Å². The molecule has 4 nitrogen and oxygen atoms in total. The Bertz CT molecular complexity index is 865. The van der Waals surface area contributed by atoms with E-state index in [9.17, 15) is 15.0 Å². The molecule has 2 aromatic carbocycles. The van der Waals surface area contributed by atoms with Crippen molar-refractivity contribution < 1.29 is 19.7 Å². The highest BCUT2D eigenvalue weighted by Crippen LogP contribution is 2.42. The van der Waals surface area contributed by atoms with Crippen molar-refractivity contribution in [2.45, 2.75) is 51.6 Å². The molecule has 0 aromatic heterocycles. The van der Waals surface area contributed by atoms with Crippen molar-refractivity contribution in [1.29, 1.82) is 0 Å². The van der Waals surface area contributed by atoms with Crippen LogP contribution in [-0.4, -0.2) is 21.6 Å². The SMILES string of the molecule is CC(CCCc1ccccc1)c1cc(O)c2c(c1)OC(C)(C)C(=CO)C2=O. The maximum atomic E-state index is 12.6. The van der Waals surface area contributed by atoms with Crippen LogP contribution in [0, 0.1) is 0 Å². The molecule has 4 heteroatoms. The molecule has 0 radical (unpaired) electrons. The minimum absolute atomic E-state index is 0.0998. The molecule has 1 heterocycles. The van der Waals surface area contributed by atoms with Gasteiger partial charge in [-0.25, -0.2) is 0 Å². The summed E-state index contributed by atoms with van der Waals surface area (Å²) in [7, 11) is 0. The number of phenols is 1. The predicted octanol–water partition coefficient (Wildman–Crippen LogP) is 5.31. The van der Waals surface area contributed by atoms with E-state index in [1.54, 1.807) is 19.9 Å². The molecule has 0 saturated heterocycles. The van der Waals surface area contributed by atoms with Gasteiger partial charge in [0.05, 0.1) is 11.8 Å². The summed E-state index contributed by atoms with van der Waals surface area (Å²) in [5, 5.41) is 19.8. The fraction of sp³-hybridized carbons (Fsp3) is 0.348. The zero-order chi connectivity index (χ0) is 19.6. The van der Waals surface area contributed by atoms with E-state index in [4.69, 9.17) is 4.74 Å². The number of ether oxygens (including phenoxy) is 1. The molecule has 1 unspecified atom stereocenters. The Hall–Kier alpha value is -2.75. The number of carbonyl (C=O) groups excluding carboxylic acids is 1. The van der Waals surface area contributed by atoms with Crippen LogP contribution >= 0.6 is 0 Å². The van der Waals surface area contributed by atoms with Gasteiger partial charge < -0.3 is 14.9 Å². The second-order valence-corrected chi connectivity index (χ2v) is 7.68. The molecule has 0 bridgehead atoms. The maximum Gasteiger partial charge on any atom is 0.203 e. The summed E-state index contributed by atoms with van der Waals surface area (Å²) in [5.41, 5.74) is 1.57. The number of aliphatic hydroxyl groups excluding tert-OH is 1. The number of phenolic OH excluding ortho intramolecular Hbond substituents is 1. The first-order valence-electron chi connectivity index (χ1n) is 9.33.